The van der Waals surface area contributed by atoms with Gasteiger partial charge in [0.15, 0.2) is 0 Å². The molecule has 0 aromatic heterocycles. The summed E-state index contributed by atoms with van der Waals surface area (Å²) >= 11 is 0. The molecule has 0 heterocycles. The van der Waals surface area contributed by atoms with Gasteiger partial charge in [-0.15, -0.1) is 0 Å². The maximum atomic E-state index is 12.7. The average Bonchev–Trinajstić information content (AvgIpc) is 2.29. The van der Waals surface area contributed by atoms with Gasteiger partial charge in [0.05, 0.1) is 0 Å². The van der Waals surface area contributed by atoms with Gasteiger partial charge >= 0.3 is 0 Å². The van der Waals surface area contributed by atoms with Crippen LogP contribution in [0.25, 0.3) is 0 Å². The van der Waals surface area contributed by atoms with Crippen LogP contribution in [0.2, 0.25) is 0 Å². The Morgan fingerprint density at radius 3 is 2.41 bits per heavy atom. The molecule has 0 amide bonds. The third kappa shape index (κ3) is 5.80. The molecule has 3 heteroatoms. The molecule has 0 aliphatic heterocycles. The fourth-order valence-corrected chi connectivity index (χ4v) is 2.00. The maximum Gasteiger partial charge on any atom is 0.123 e. The van der Waals surface area contributed by atoms with Crippen LogP contribution in [0.3, 0.4) is 0 Å². The Morgan fingerprint density at radius 1 is 1.18 bits per heavy atom. The predicted molar refractivity (Wildman–Crippen MR) is 68.5 cm³/mol. The summed E-state index contributed by atoms with van der Waals surface area (Å²) in [7, 11) is 0. The van der Waals surface area contributed by atoms with Gasteiger partial charge in [-0.25, -0.2) is 4.39 Å². The smallest absolute Gasteiger partial charge is 0.123 e. The molecule has 2 atom stereocenters. The maximum absolute atomic E-state index is 12.7. The third-order valence-electron chi connectivity index (χ3n) is 2.82. The molecule has 0 radical (unpaired) electrons. The van der Waals surface area contributed by atoms with E-state index in [-0.39, 0.29) is 12.4 Å². The van der Waals surface area contributed by atoms with Crippen LogP contribution in [-0.4, -0.2) is 23.8 Å². The molecule has 0 aliphatic carbocycles. The van der Waals surface area contributed by atoms with Crippen molar-refractivity contribution in [3.8, 4) is 0 Å². The summed E-state index contributed by atoms with van der Waals surface area (Å²) < 4.78 is 12.7. The van der Waals surface area contributed by atoms with E-state index < -0.39 is 0 Å². The minimum absolute atomic E-state index is 0.189. The first kappa shape index (κ1) is 14.1. The number of rotatable bonds is 7. The summed E-state index contributed by atoms with van der Waals surface area (Å²) in [4.78, 5) is 0. The van der Waals surface area contributed by atoms with Gasteiger partial charge < -0.3 is 10.4 Å². The second-order valence-electron chi connectivity index (χ2n) is 4.67. The lowest BCUT2D eigenvalue weighted by molar-refractivity contribution is 0.274. The summed E-state index contributed by atoms with van der Waals surface area (Å²) in [5, 5.41) is 12.2. The van der Waals surface area contributed by atoms with E-state index in [1.165, 1.54) is 12.1 Å². The van der Waals surface area contributed by atoms with Crippen LogP contribution in [0.4, 0.5) is 4.39 Å². The molecule has 0 unspecified atom stereocenters. The molecule has 0 aliphatic rings. The van der Waals surface area contributed by atoms with E-state index in [2.05, 4.69) is 19.2 Å². The number of hydrogen-bond donors (Lipinski definition) is 2. The molecule has 0 saturated heterocycles. The first-order chi connectivity index (χ1) is 8.11. The van der Waals surface area contributed by atoms with E-state index in [1.807, 2.05) is 12.1 Å². The number of aliphatic hydroxyl groups is 1. The van der Waals surface area contributed by atoms with Crippen molar-refractivity contribution in [2.24, 2.45) is 0 Å². The molecule has 0 bridgehead atoms. The number of aliphatic hydroxyl groups excluding tert-OH is 1. The summed E-state index contributed by atoms with van der Waals surface area (Å²) in [6.07, 6.45) is 2.70. The number of nitrogens with one attached hydrogen (secondary N) is 1. The van der Waals surface area contributed by atoms with Crippen LogP contribution in [0.5, 0.6) is 0 Å². The lowest BCUT2D eigenvalue weighted by atomic mass is 10.1. The zero-order valence-corrected chi connectivity index (χ0v) is 10.6. The second kappa shape index (κ2) is 7.41. The van der Waals surface area contributed by atoms with Crippen LogP contribution in [-0.2, 0) is 6.42 Å². The second-order valence-corrected chi connectivity index (χ2v) is 4.67. The van der Waals surface area contributed by atoms with E-state index in [0.717, 1.165) is 24.8 Å². The molecule has 1 aromatic carbocycles. The van der Waals surface area contributed by atoms with Gasteiger partial charge in [0.25, 0.3) is 0 Å². The Kier molecular flexibility index (Phi) is 6.16. The minimum atomic E-state index is -0.189. The Hall–Kier alpha value is -0.930. The number of benzene rings is 1. The normalized spacial score (nSPS) is 14.6. The van der Waals surface area contributed by atoms with Gasteiger partial charge in [-0.1, -0.05) is 12.1 Å². The molecule has 1 rings (SSSR count). The van der Waals surface area contributed by atoms with Crippen molar-refractivity contribution in [1.82, 2.24) is 5.32 Å². The number of halogens is 1. The summed E-state index contributed by atoms with van der Waals surface area (Å²) in [5.74, 6) is -0.189. The Bertz CT molecular complexity index is 313. The Labute approximate surface area is 103 Å². The van der Waals surface area contributed by atoms with E-state index in [9.17, 15) is 4.39 Å². The van der Waals surface area contributed by atoms with Gasteiger partial charge in [-0.2, -0.15) is 0 Å². The molecule has 0 saturated carbocycles. The summed E-state index contributed by atoms with van der Waals surface area (Å²) in [5.41, 5.74) is 1.14. The van der Waals surface area contributed by atoms with Crippen molar-refractivity contribution in [2.45, 2.75) is 45.2 Å². The first-order valence-electron chi connectivity index (χ1n) is 6.23. The monoisotopic (exact) mass is 239 g/mol. The topological polar surface area (TPSA) is 32.3 Å². The van der Waals surface area contributed by atoms with Crippen molar-refractivity contribution in [3.05, 3.63) is 35.6 Å². The SMILES string of the molecule is C[C@H](CCCO)N[C@@H](C)Cc1ccc(F)cc1. The van der Waals surface area contributed by atoms with Crippen molar-refractivity contribution in [3.63, 3.8) is 0 Å². The van der Waals surface area contributed by atoms with Crippen molar-refractivity contribution >= 4 is 0 Å². The van der Waals surface area contributed by atoms with Gasteiger partial charge in [0.1, 0.15) is 5.82 Å². The third-order valence-corrected chi connectivity index (χ3v) is 2.82. The van der Waals surface area contributed by atoms with Gasteiger partial charge in [0.2, 0.25) is 0 Å². The predicted octanol–water partition coefficient (Wildman–Crippen LogP) is 2.51. The standard InChI is InChI=1S/C14H22FNO/c1-11(4-3-9-17)16-12(2)10-13-5-7-14(15)8-6-13/h5-8,11-12,16-17H,3-4,9-10H2,1-2H3/t11-,12+/m1/s1. The largest absolute Gasteiger partial charge is 0.396 e. The molecule has 17 heavy (non-hydrogen) atoms. The quantitative estimate of drug-likeness (QED) is 0.766. The highest BCUT2D eigenvalue weighted by Crippen LogP contribution is 2.07. The zero-order valence-electron chi connectivity index (χ0n) is 10.6. The highest BCUT2D eigenvalue weighted by atomic mass is 19.1. The Balaban J connectivity index is 2.33. The summed E-state index contributed by atoms with van der Waals surface area (Å²) in [6, 6.07) is 7.40. The van der Waals surface area contributed by atoms with Gasteiger partial charge in [-0.05, 0) is 50.8 Å². The van der Waals surface area contributed by atoms with Gasteiger partial charge in [-0.3, -0.25) is 0 Å². The highest BCUT2D eigenvalue weighted by molar-refractivity contribution is 5.17. The molecule has 0 spiro atoms. The van der Waals surface area contributed by atoms with Crippen LogP contribution < -0.4 is 5.32 Å². The molecule has 1 aromatic rings. The van der Waals surface area contributed by atoms with E-state index in [4.69, 9.17) is 5.11 Å². The minimum Gasteiger partial charge on any atom is -0.396 e. The van der Waals surface area contributed by atoms with Crippen LogP contribution in [0.1, 0.15) is 32.3 Å². The molecule has 96 valence electrons. The van der Waals surface area contributed by atoms with E-state index in [0.29, 0.717) is 12.1 Å². The van der Waals surface area contributed by atoms with Crippen LogP contribution in [0.15, 0.2) is 24.3 Å². The highest BCUT2D eigenvalue weighted by Gasteiger charge is 2.07. The van der Waals surface area contributed by atoms with E-state index >= 15 is 0 Å². The fraction of sp³-hybridized carbons (Fsp3) is 0.571. The van der Waals surface area contributed by atoms with Crippen molar-refractivity contribution < 1.29 is 9.50 Å². The molecule has 0 fully saturated rings. The molecular weight excluding hydrogens is 217 g/mol. The average molecular weight is 239 g/mol. The lowest BCUT2D eigenvalue weighted by Crippen LogP contribution is -2.35. The van der Waals surface area contributed by atoms with Crippen molar-refractivity contribution in [1.29, 1.82) is 0 Å². The zero-order chi connectivity index (χ0) is 12.7. The Morgan fingerprint density at radius 2 is 1.82 bits per heavy atom. The van der Waals surface area contributed by atoms with Gasteiger partial charge in [0, 0.05) is 18.7 Å². The van der Waals surface area contributed by atoms with E-state index in [1.54, 1.807) is 0 Å². The molecular formula is C14H22FNO. The summed E-state index contributed by atoms with van der Waals surface area (Å²) in [6.45, 7) is 4.49. The lowest BCUT2D eigenvalue weighted by Gasteiger charge is -2.19. The molecule has 2 nitrogen and oxygen atoms in total. The first-order valence-corrected chi connectivity index (χ1v) is 6.23. The fourth-order valence-electron chi connectivity index (χ4n) is 2.00. The van der Waals surface area contributed by atoms with Crippen LogP contribution in [0, 0.1) is 5.82 Å². The molecule has 2 N–H and O–H groups in total. The number of hydrogen-bond acceptors (Lipinski definition) is 2. The van der Waals surface area contributed by atoms with Crippen LogP contribution >= 0.6 is 0 Å². The van der Waals surface area contributed by atoms with Crippen molar-refractivity contribution in [2.75, 3.05) is 6.61 Å².